The Balaban J connectivity index is 1.85. The minimum absolute atomic E-state index is 0.0148. The van der Waals surface area contributed by atoms with Crippen LogP contribution in [0.15, 0.2) is 47.7 Å². The van der Waals surface area contributed by atoms with Crippen LogP contribution in [-0.2, 0) is 6.54 Å². The first-order valence-corrected chi connectivity index (χ1v) is 7.80. The van der Waals surface area contributed by atoms with E-state index >= 15 is 0 Å². The van der Waals surface area contributed by atoms with Crippen molar-refractivity contribution in [3.05, 3.63) is 53.2 Å². The molecule has 6 heteroatoms. The average Bonchev–Trinajstić information content (AvgIpc) is 2.96. The third kappa shape index (κ3) is 3.48. The molecule has 6 nitrogen and oxygen atoms in total. The highest BCUT2D eigenvalue weighted by atomic mass is 16.1. The molecule has 3 rings (SSSR count). The van der Waals surface area contributed by atoms with Gasteiger partial charge in [-0.25, -0.2) is 9.50 Å². The summed E-state index contributed by atoms with van der Waals surface area (Å²) in [5, 5.41) is 4.46. The maximum Gasteiger partial charge on any atom is 0.251 e. The van der Waals surface area contributed by atoms with Crippen LogP contribution >= 0.6 is 0 Å². The van der Waals surface area contributed by atoms with Gasteiger partial charge in [-0.3, -0.25) is 4.79 Å². The minimum atomic E-state index is -0.0609. The van der Waals surface area contributed by atoms with Crippen molar-refractivity contribution < 1.29 is 0 Å². The van der Waals surface area contributed by atoms with Crippen LogP contribution in [0.1, 0.15) is 20.3 Å². The van der Waals surface area contributed by atoms with Gasteiger partial charge in [0.1, 0.15) is 0 Å². The van der Waals surface area contributed by atoms with Crippen LogP contribution in [-0.4, -0.2) is 25.2 Å². The van der Waals surface area contributed by atoms with Gasteiger partial charge in [-0.2, -0.15) is 5.10 Å². The monoisotopic (exact) mass is 311 g/mol. The predicted octanol–water partition coefficient (Wildman–Crippen LogP) is 1.93. The Morgan fingerprint density at radius 3 is 2.78 bits per heavy atom. The summed E-state index contributed by atoms with van der Waals surface area (Å²) >= 11 is 0. The largest absolute Gasteiger partial charge is 0.326 e. The molecule has 1 unspecified atom stereocenters. The molecule has 3 aromatic rings. The van der Waals surface area contributed by atoms with Gasteiger partial charge in [0, 0.05) is 42.8 Å². The molecule has 3 heterocycles. The molecule has 120 valence electrons. The number of nitrogens with two attached hydrogens (primary N) is 1. The number of aromatic nitrogens is 4. The van der Waals surface area contributed by atoms with E-state index in [1.165, 1.54) is 0 Å². The fourth-order valence-corrected chi connectivity index (χ4v) is 2.72. The highest BCUT2D eigenvalue weighted by Crippen LogP contribution is 2.15. The van der Waals surface area contributed by atoms with Gasteiger partial charge in [0.2, 0.25) is 0 Å². The van der Waals surface area contributed by atoms with Crippen molar-refractivity contribution in [3.63, 3.8) is 0 Å². The molecular formula is C17H21N5O. The average molecular weight is 311 g/mol. The van der Waals surface area contributed by atoms with Crippen LogP contribution in [0.3, 0.4) is 0 Å². The van der Waals surface area contributed by atoms with E-state index in [0.717, 1.165) is 23.3 Å². The van der Waals surface area contributed by atoms with E-state index in [9.17, 15) is 4.79 Å². The van der Waals surface area contributed by atoms with Crippen molar-refractivity contribution >= 4 is 5.65 Å². The molecule has 0 aliphatic heterocycles. The highest BCUT2D eigenvalue weighted by Gasteiger charge is 2.09. The molecule has 0 fully saturated rings. The molecule has 2 N–H and O–H groups in total. The summed E-state index contributed by atoms with van der Waals surface area (Å²) in [5.74, 6) is 0.520. The number of imidazole rings is 1. The van der Waals surface area contributed by atoms with Gasteiger partial charge in [-0.05, 0) is 30.5 Å². The Morgan fingerprint density at radius 2 is 2.04 bits per heavy atom. The summed E-state index contributed by atoms with van der Waals surface area (Å²) < 4.78 is 3.35. The van der Waals surface area contributed by atoms with E-state index in [0.29, 0.717) is 12.5 Å². The lowest BCUT2D eigenvalue weighted by Crippen LogP contribution is -2.32. The lowest BCUT2D eigenvalue weighted by Gasteiger charge is -2.15. The molecule has 0 amide bonds. The quantitative estimate of drug-likeness (QED) is 0.781. The molecule has 0 bridgehead atoms. The number of hydrogen-bond acceptors (Lipinski definition) is 4. The minimum Gasteiger partial charge on any atom is -0.326 e. The molecule has 3 aromatic heterocycles. The van der Waals surface area contributed by atoms with Crippen LogP contribution in [0.25, 0.3) is 16.9 Å². The number of rotatable bonds is 5. The van der Waals surface area contributed by atoms with Gasteiger partial charge in [0.05, 0.1) is 5.69 Å². The Labute approximate surface area is 134 Å². The molecule has 1 atom stereocenters. The van der Waals surface area contributed by atoms with E-state index in [1.54, 1.807) is 33.7 Å². The Morgan fingerprint density at radius 1 is 1.22 bits per heavy atom. The number of hydrogen-bond donors (Lipinski definition) is 1. The summed E-state index contributed by atoms with van der Waals surface area (Å²) in [6, 6.07) is 7.24. The van der Waals surface area contributed by atoms with E-state index in [1.807, 2.05) is 18.2 Å². The summed E-state index contributed by atoms with van der Waals surface area (Å²) in [7, 11) is 0. The first-order chi connectivity index (χ1) is 11.0. The zero-order valence-corrected chi connectivity index (χ0v) is 13.4. The van der Waals surface area contributed by atoms with Crippen molar-refractivity contribution in [1.82, 2.24) is 19.2 Å². The molecular weight excluding hydrogens is 290 g/mol. The van der Waals surface area contributed by atoms with Crippen molar-refractivity contribution in [1.29, 1.82) is 0 Å². The maximum atomic E-state index is 12.3. The van der Waals surface area contributed by atoms with Gasteiger partial charge in [0.15, 0.2) is 5.65 Å². The molecule has 0 aromatic carbocycles. The summed E-state index contributed by atoms with van der Waals surface area (Å²) in [6.45, 7) is 4.79. The molecule has 23 heavy (non-hydrogen) atoms. The van der Waals surface area contributed by atoms with Crippen LogP contribution in [0.4, 0.5) is 0 Å². The van der Waals surface area contributed by atoms with Crippen LogP contribution in [0, 0.1) is 5.92 Å². The van der Waals surface area contributed by atoms with E-state index in [2.05, 4.69) is 23.9 Å². The third-order valence-corrected chi connectivity index (χ3v) is 3.75. The molecule has 0 radical (unpaired) electrons. The second-order valence-electron chi connectivity index (χ2n) is 6.24. The van der Waals surface area contributed by atoms with Crippen LogP contribution < -0.4 is 11.3 Å². The smallest absolute Gasteiger partial charge is 0.251 e. The van der Waals surface area contributed by atoms with Crippen molar-refractivity contribution in [2.75, 3.05) is 0 Å². The molecule has 0 aliphatic carbocycles. The fourth-order valence-electron chi connectivity index (χ4n) is 2.72. The van der Waals surface area contributed by atoms with E-state index in [-0.39, 0.29) is 11.6 Å². The van der Waals surface area contributed by atoms with Crippen molar-refractivity contribution in [3.8, 4) is 11.3 Å². The lowest BCUT2D eigenvalue weighted by molar-refractivity contribution is 0.442. The fraction of sp³-hybridized carbons (Fsp3) is 0.353. The SMILES string of the molecule is CC(C)CC(N)Cn1ccc(-c2ccc3nccn3n2)cc1=O. The number of fused-ring (bicyclic) bond motifs is 1. The first-order valence-electron chi connectivity index (χ1n) is 7.80. The molecule has 0 saturated carbocycles. The second-order valence-corrected chi connectivity index (χ2v) is 6.24. The van der Waals surface area contributed by atoms with E-state index in [4.69, 9.17) is 5.73 Å². The number of nitrogens with zero attached hydrogens (tertiary/aromatic N) is 4. The van der Waals surface area contributed by atoms with Crippen LogP contribution in [0.5, 0.6) is 0 Å². The van der Waals surface area contributed by atoms with Gasteiger partial charge >= 0.3 is 0 Å². The van der Waals surface area contributed by atoms with Gasteiger partial charge in [-0.1, -0.05) is 13.8 Å². The first kappa shape index (κ1) is 15.4. The Bertz CT molecular complexity index is 865. The van der Waals surface area contributed by atoms with Gasteiger partial charge in [-0.15, -0.1) is 0 Å². The van der Waals surface area contributed by atoms with Crippen molar-refractivity contribution in [2.24, 2.45) is 11.7 Å². The third-order valence-electron chi connectivity index (χ3n) is 3.75. The highest BCUT2D eigenvalue weighted by molar-refractivity contribution is 5.59. The van der Waals surface area contributed by atoms with Gasteiger partial charge in [0.25, 0.3) is 5.56 Å². The second kappa shape index (κ2) is 6.34. The van der Waals surface area contributed by atoms with Crippen LogP contribution in [0.2, 0.25) is 0 Å². The number of pyridine rings is 1. The zero-order valence-electron chi connectivity index (χ0n) is 13.4. The Hall–Kier alpha value is -2.47. The van der Waals surface area contributed by atoms with Crippen molar-refractivity contribution in [2.45, 2.75) is 32.9 Å². The summed E-state index contributed by atoms with van der Waals surface area (Å²) in [6.07, 6.45) is 6.16. The maximum absolute atomic E-state index is 12.3. The molecule has 0 saturated heterocycles. The van der Waals surface area contributed by atoms with Gasteiger partial charge < -0.3 is 10.3 Å². The Kier molecular flexibility index (Phi) is 4.25. The molecule has 0 spiro atoms. The zero-order chi connectivity index (χ0) is 16.4. The molecule has 0 aliphatic rings. The lowest BCUT2D eigenvalue weighted by atomic mass is 10.0. The van der Waals surface area contributed by atoms with E-state index < -0.39 is 0 Å². The summed E-state index contributed by atoms with van der Waals surface area (Å²) in [4.78, 5) is 16.5. The topological polar surface area (TPSA) is 78.2 Å². The normalized spacial score (nSPS) is 12.9. The predicted molar refractivity (Wildman–Crippen MR) is 90.1 cm³/mol. The standard InChI is InChI=1S/C17H21N5O/c1-12(2)9-14(18)11-21-7-5-13(10-17(21)23)15-3-4-16-19-6-8-22(16)20-15/h3-8,10,12,14H,9,11,18H2,1-2H3. The summed E-state index contributed by atoms with van der Waals surface area (Å²) in [5.41, 5.74) is 8.34.